The molecule has 0 saturated heterocycles. The Morgan fingerprint density at radius 1 is 0.952 bits per heavy atom. The molecule has 0 bridgehead atoms. The quantitative estimate of drug-likeness (QED) is 0.560. The van der Waals surface area contributed by atoms with Crippen LogP contribution in [0.15, 0.2) is 60.8 Å². The lowest BCUT2D eigenvalue weighted by molar-refractivity contribution is 0.309. The molecule has 0 spiro atoms. The van der Waals surface area contributed by atoms with Crippen molar-refractivity contribution >= 4 is 32.5 Å². The molecule has 102 valence electrons. The Kier molecular flexibility index (Phi) is 3.01. The molecule has 21 heavy (non-hydrogen) atoms. The van der Waals surface area contributed by atoms with E-state index < -0.39 is 0 Å². The van der Waals surface area contributed by atoms with Gasteiger partial charge in [-0.25, -0.2) is 4.98 Å². The highest BCUT2D eigenvalue weighted by Gasteiger charge is 2.06. The standard InChI is InChI=1S/C17H12N2OS/c1-2-9-15-13(7-1)19-16(21-15)11-20-14-8-3-5-12-6-4-10-18-17(12)14/h1-10H,11H2. The Labute approximate surface area is 125 Å². The molecule has 3 nitrogen and oxygen atoms in total. The summed E-state index contributed by atoms with van der Waals surface area (Å²) in [4.78, 5) is 8.98. The smallest absolute Gasteiger partial charge is 0.146 e. The van der Waals surface area contributed by atoms with Crippen LogP contribution in [-0.4, -0.2) is 9.97 Å². The predicted molar refractivity (Wildman–Crippen MR) is 85.7 cm³/mol. The van der Waals surface area contributed by atoms with Gasteiger partial charge in [0, 0.05) is 11.6 Å². The van der Waals surface area contributed by atoms with Crippen molar-refractivity contribution < 1.29 is 4.74 Å². The number of hydrogen-bond acceptors (Lipinski definition) is 4. The Balaban J connectivity index is 1.63. The second-order valence-electron chi connectivity index (χ2n) is 4.70. The minimum atomic E-state index is 0.467. The number of thiazole rings is 1. The normalized spacial score (nSPS) is 11.0. The molecule has 0 N–H and O–H groups in total. The molecule has 2 aromatic heterocycles. The van der Waals surface area contributed by atoms with Crippen molar-refractivity contribution in [2.45, 2.75) is 6.61 Å². The van der Waals surface area contributed by atoms with E-state index in [1.807, 2.05) is 48.5 Å². The third-order valence-electron chi connectivity index (χ3n) is 3.29. The molecule has 0 aliphatic heterocycles. The number of aromatic nitrogens is 2. The summed E-state index contributed by atoms with van der Waals surface area (Å²) in [7, 11) is 0. The van der Waals surface area contributed by atoms with Crippen LogP contribution in [0.25, 0.3) is 21.1 Å². The van der Waals surface area contributed by atoms with Crippen LogP contribution in [0, 0.1) is 0 Å². The summed E-state index contributed by atoms with van der Waals surface area (Å²) in [6.07, 6.45) is 1.78. The number of benzene rings is 2. The molecule has 0 saturated carbocycles. The van der Waals surface area contributed by atoms with E-state index in [-0.39, 0.29) is 0 Å². The van der Waals surface area contributed by atoms with Gasteiger partial charge in [0.15, 0.2) is 0 Å². The molecule has 0 amide bonds. The zero-order chi connectivity index (χ0) is 14.1. The van der Waals surface area contributed by atoms with E-state index in [2.05, 4.69) is 16.0 Å². The first-order chi connectivity index (χ1) is 10.4. The van der Waals surface area contributed by atoms with E-state index in [4.69, 9.17) is 4.74 Å². The van der Waals surface area contributed by atoms with E-state index in [0.29, 0.717) is 6.61 Å². The van der Waals surface area contributed by atoms with Gasteiger partial charge in [0.1, 0.15) is 22.9 Å². The summed E-state index contributed by atoms with van der Waals surface area (Å²) in [5, 5.41) is 2.06. The third-order valence-corrected chi connectivity index (χ3v) is 4.29. The summed E-state index contributed by atoms with van der Waals surface area (Å²) in [6, 6.07) is 18.1. The first-order valence-electron chi connectivity index (χ1n) is 6.71. The Bertz CT molecular complexity index is 878. The van der Waals surface area contributed by atoms with Gasteiger partial charge < -0.3 is 4.74 Å². The van der Waals surface area contributed by atoms with Gasteiger partial charge in [0.25, 0.3) is 0 Å². The summed E-state index contributed by atoms with van der Waals surface area (Å²) >= 11 is 1.67. The third kappa shape index (κ3) is 2.34. The molecule has 0 fully saturated rings. The first-order valence-corrected chi connectivity index (χ1v) is 7.53. The molecule has 0 aliphatic carbocycles. The molecule has 4 rings (SSSR count). The van der Waals surface area contributed by atoms with E-state index in [0.717, 1.165) is 27.2 Å². The van der Waals surface area contributed by atoms with Gasteiger partial charge in [-0.15, -0.1) is 11.3 Å². The van der Waals surface area contributed by atoms with Crippen molar-refractivity contribution in [2.24, 2.45) is 0 Å². The maximum atomic E-state index is 5.92. The second kappa shape index (κ2) is 5.14. The molecule has 4 heteroatoms. The lowest BCUT2D eigenvalue weighted by Gasteiger charge is -2.06. The fraction of sp³-hybridized carbons (Fsp3) is 0.0588. The minimum Gasteiger partial charge on any atom is -0.484 e. The van der Waals surface area contributed by atoms with Crippen molar-refractivity contribution in [1.82, 2.24) is 9.97 Å². The molecule has 0 radical (unpaired) electrons. The highest BCUT2D eigenvalue weighted by atomic mass is 32.1. The average Bonchev–Trinajstić information content (AvgIpc) is 2.96. The summed E-state index contributed by atoms with van der Waals surface area (Å²) < 4.78 is 7.11. The summed E-state index contributed by atoms with van der Waals surface area (Å²) in [5.74, 6) is 0.798. The summed E-state index contributed by atoms with van der Waals surface area (Å²) in [5.41, 5.74) is 1.92. The molecule has 0 aliphatic rings. The van der Waals surface area contributed by atoms with E-state index in [9.17, 15) is 0 Å². The van der Waals surface area contributed by atoms with Crippen LogP contribution in [-0.2, 0) is 6.61 Å². The fourth-order valence-corrected chi connectivity index (χ4v) is 3.19. The van der Waals surface area contributed by atoms with Crippen molar-refractivity contribution in [2.75, 3.05) is 0 Å². The minimum absolute atomic E-state index is 0.467. The van der Waals surface area contributed by atoms with E-state index in [1.165, 1.54) is 4.70 Å². The Morgan fingerprint density at radius 3 is 2.81 bits per heavy atom. The topological polar surface area (TPSA) is 35.0 Å². The van der Waals surface area contributed by atoms with Gasteiger partial charge in [0.05, 0.1) is 10.2 Å². The molecule has 2 aromatic carbocycles. The van der Waals surface area contributed by atoms with Crippen LogP contribution >= 0.6 is 11.3 Å². The van der Waals surface area contributed by atoms with Gasteiger partial charge >= 0.3 is 0 Å². The largest absolute Gasteiger partial charge is 0.484 e. The average molecular weight is 292 g/mol. The highest BCUT2D eigenvalue weighted by molar-refractivity contribution is 7.18. The maximum absolute atomic E-state index is 5.92. The van der Waals surface area contributed by atoms with Crippen LogP contribution in [0.5, 0.6) is 5.75 Å². The van der Waals surface area contributed by atoms with Crippen LogP contribution in [0.3, 0.4) is 0 Å². The number of fused-ring (bicyclic) bond motifs is 2. The number of pyridine rings is 1. The van der Waals surface area contributed by atoms with Crippen LogP contribution in [0.4, 0.5) is 0 Å². The number of para-hydroxylation sites is 2. The Morgan fingerprint density at radius 2 is 1.86 bits per heavy atom. The van der Waals surface area contributed by atoms with Gasteiger partial charge in [-0.2, -0.15) is 0 Å². The van der Waals surface area contributed by atoms with Crippen molar-refractivity contribution in [3.8, 4) is 5.75 Å². The predicted octanol–water partition coefficient (Wildman–Crippen LogP) is 4.42. The van der Waals surface area contributed by atoms with Crippen molar-refractivity contribution in [1.29, 1.82) is 0 Å². The van der Waals surface area contributed by atoms with E-state index in [1.54, 1.807) is 17.5 Å². The highest BCUT2D eigenvalue weighted by Crippen LogP contribution is 2.26. The molecular weight excluding hydrogens is 280 g/mol. The SMILES string of the molecule is c1cnc2c(OCc3nc4ccccc4s3)cccc2c1. The zero-order valence-electron chi connectivity index (χ0n) is 11.2. The fourth-order valence-electron chi connectivity index (χ4n) is 2.31. The molecular formula is C17H12N2OS. The van der Waals surface area contributed by atoms with Gasteiger partial charge in [-0.3, -0.25) is 4.98 Å². The number of ether oxygens (including phenoxy) is 1. The first kappa shape index (κ1) is 12.3. The second-order valence-corrected chi connectivity index (χ2v) is 5.81. The van der Waals surface area contributed by atoms with Crippen molar-refractivity contribution in [3.63, 3.8) is 0 Å². The van der Waals surface area contributed by atoms with Crippen LogP contribution in [0.2, 0.25) is 0 Å². The number of hydrogen-bond donors (Lipinski definition) is 0. The van der Waals surface area contributed by atoms with Crippen LogP contribution in [0.1, 0.15) is 5.01 Å². The maximum Gasteiger partial charge on any atom is 0.146 e. The van der Waals surface area contributed by atoms with E-state index >= 15 is 0 Å². The summed E-state index contributed by atoms with van der Waals surface area (Å²) in [6.45, 7) is 0.467. The number of rotatable bonds is 3. The van der Waals surface area contributed by atoms with Gasteiger partial charge in [-0.05, 0) is 24.3 Å². The number of nitrogens with zero attached hydrogens (tertiary/aromatic N) is 2. The lowest BCUT2D eigenvalue weighted by Crippen LogP contribution is -1.95. The molecule has 0 atom stereocenters. The molecule has 4 aromatic rings. The monoisotopic (exact) mass is 292 g/mol. The van der Waals surface area contributed by atoms with Gasteiger partial charge in [0.2, 0.25) is 0 Å². The van der Waals surface area contributed by atoms with Crippen molar-refractivity contribution in [3.05, 3.63) is 65.8 Å². The van der Waals surface area contributed by atoms with Gasteiger partial charge in [-0.1, -0.05) is 30.3 Å². The van der Waals surface area contributed by atoms with Crippen LogP contribution < -0.4 is 4.74 Å². The Hall–Kier alpha value is -2.46. The molecule has 2 heterocycles. The lowest BCUT2D eigenvalue weighted by atomic mass is 10.2. The molecule has 0 unspecified atom stereocenters. The zero-order valence-corrected chi connectivity index (χ0v) is 12.0.